The van der Waals surface area contributed by atoms with Gasteiger partial charge in [0.05, 0.1) is 4.47 Å². The van der Waals surface area contributed by atoms with Crippen LogP contribution in [-0.4, -0.2) is 9.97 Å². The second-order valence-corrected chi connectivity index (χ2v) is 4.37. The zero-order chi connectivity index (χ0) is 13.1. The third-order valence-corrected chi connectivity index (χ3v) is 2.80. The van der Waals surface area contributed by atoms with E-state index in [1.807, 2.05) is 0 Å². The third-order valence-electron chi connectivity index (χ3n) is 2.22. The minimum absolute atomic E-state index is 0.0959. The highest BCUT2D eigenvalue weighted by Gasteiger charge is 2.06. The molecule has 0 aliphatic heterocycles. The molecule has 0 saturated carbocycles. The normalized spacial score (nSPS) is 10.4. The molecule has 0 radical (unpaired) electrons. The van der Waals surface area contributed by atoms with Gasteiger partial charge < -0.3 is 11.1 Å². The molecule has 3 N–H and O–H groups in total. The van der Waals surface area contributed by atoms with E-state index in [4.69, 9.17) is 5.73 Å². The van der Waals surface area contributed by atoms with Gasteiger partial charge in [0.25, 0.3) is 0 Å². The van der Waals surface area contributed by atoms with Crippen molar-refractivity contribution in [1.82, 2.24) is 9.97 Å². The number of hydrogen-bond acceptors (Lipinski definition) is 4. The molecule has 0 unspecified atom stereocenters. The fourth-order valence-corrected chi connectivity index (χ4v) is 1.69. The largest absolute Gasteiger partial charge is 0.368 e. The Bertz CT molecular complexity index is 525. The smallest absolute Gasteiger partial charge is 0.221 e. The molecular formula is C11H9BrF2N4. The SMILES string of the molecule is Nc1ncc(Br)c(NCc2cc(F)ccc2F)n1. The van der Waals surface area contributed by atoms with E-state index in [9.17, 15) is 8.78 Å². The molecule has 0 atom stereocenters. The van der Waals surface area contributed by atoms with E-state index >= 15 is 0 Å². The number of halogens is 3. The van der Waals surface area contributed by atoms with Crippen molar-refractivity contribution in [2.24, 2.45) is 0 Å². The highest BCUT2D eigenvalue weighted by Crippen LogP contribution is 2.20. The molecule has 0 aliphatic carbocycles. The van der Waals surface area contributed by atoms with E-state index in [2.05, 4.69) is 31.2 Å². The first-order valence-corrected chi connectivity index (χ1v) is 5.81. The number of hydrogen-bond donors (Lipinski definition) is 2. The molecule has 0 saturated heterocycles. The second kappa shape index (κ2) is 5.26. The minimum atomic E-state index is -0.491. The van der Waals surface area contributed by atoms with Gasteiger partial charge in [-0.1, -0.05) is 0 Å². The van der Waals surface area contributed by atoms with Crippen LogP contribution < -0.4 is 11.1 Å². The van der Waals surface area contributed by atoms with Crippen LogP contribution in [0.3, 0.4) is 0 Å². The molecule has 0 bridgehead atoms. The number of anilines is 2. The van der Waals surface area contributed by atoms with Crippen LogP contribution in [-0.2, 0) is 6.54 Å². The van der Waals surface area contributed by atoms with Gasteiger partial charge in [0.2, 0.25) is 5.95 Å². The maximum atomic E-state index is 13.4. The molecule has 1 heterocycles. The van der Waals surface area contributed by atoms with Gasteiger partial charge in [-0.3, -0.25) is 0 Å². The summed E-state index contributed by atoms with van der Waals surface area (Å²) in [6.07, 6.45) is 1.48. The number of benzene rings is 1. The van der Waals surface area contributed by atoms with Crippen LogP contribution in [0.15, 0.2) is 28.9 Å². The molecule has 0 spiro atoms. The summed E-state index contributed by atoms with van der Waals surface area (Å²) in [6.45, 7) is 0.0959. The molecular weight excluding hydrogens is 306 g/mol. The standard InChI is InChI=1S/C11H9BrF2N4/c12-8-5-17-11(15)18-10(8)16-4-6-3-7(13)1-2-9(6)14/h1-3,5H,4H2,(H3,15,16,17,18). The summed E-state index contributed by atoms with van der Waals surface area (Å²) < 4.78 is 26.9. The highest BCUT2D eigenvalue weighted by molar-refractivity contribution is 9.10. The number of nitrogens with zero attached hydrogens (tertiary/aromatic N) is 2. The Labute approximate surface area is 110 Å². The highest BCUT2D eigenvalue weighted by atomic mass is 79.9. The second-order valence-electron chi connectivity index (χ2n) is 3.51. The minimum Gasteiger partial charge on any atom is -0.368 e. The lowest BCUT2D eigenvalue weighted by Crippen LogP contribution is -2.06. The lowest BCUT2D eigenvalue weighted by atomic mass is 10.2. The van der Waals surface area contributed by atoms with E-state index in [1.54, 1.807) is 0 Å². The average molecular weight is 315 g/mol. The van der Waals surface area contributed by atoms with Gasteiger partial charge in [-0.25, -0.2) is 13.8 Å². The molecule has 7 heteroatoms. The number of nitrogen functional groups attached to an aromatic ring is 1. The van der Waals surface area contributed by atoms with E-state index < -0.39 is 11.6 Å². The molecule has 1 aromatic carbocycles. The maximum Gasteiger partial charge on any atom is 0.221 e. The Morgan fingerprint density at radius 3 is 2.89 bits per heavy atom. The summed E-state index contributed by atoms with van der Waals surface area (Å²) in [7, 11) is 0. The predicted molar refractivity (Wildman–Crippen MR) is 67.8 cm³/mol. The summed E-state index contributed by atoms with van der Waals surface area (Å²) in [5.74, 6) is -0.455. The van der Waals surface area contributed by atoms with Gasteiger partial charge in [-0.15, -0.1) is 0 Å². The molecule has 18 heavy (non-hydrogen) atoms. The molecule has 0 aliphatic rings. The summed E-state index contributed by atoms with van der Waals surface area (Å²) in [5.41, 5.74) is 5.64. The van der Waals surface area contributed by atoms with Crippen LogP contribution in [0.2, 0.25) is 0 Å². The Morgan fingerprint density at radius 2 is 2.11 bits per heavy atom. The van der Waals surface area contributed by atoms with Crippen molar-refractivity contribution in [3.05, 3.63) is 46.1 Å². The topological polar surface area (TPSA) is 63.8 Å². The van der Waals surface area contributed by atoms with Crippen molar-refractivity contribution in [3.63, 3.8) is 0 Å². The van der Waals surface area contributed by atoms with Gasteiger partial charge in [-0.05, 0) is 34.1 Å². The van der Waals surface area contributed by atoms with E-state index in [-0.39, 0.29) is 18.1 Å². The number of aromatic nitrogens is 2. The zero-order valence-electron chi connectivity index (χ0n) is 9.12. The summed E-state index contributed by atoms with van der Waals surface area (Å²) in [5, 5.41) is 2.85. The number of nitrogens with one attached hydrogen (secondary N) is 1. The number of nitrogens with two attached hydrogens (primary N) is 1. The lowest BCUT2D eigenvalue weighted by Gasteiger charge is -2.08. The van der Waals surface area contributed by atoms with Gasteiger partial charge in [-0.2, -0.15) is 4.98 Å². The van der Waals surface area contributed by atoms with Crippen molar-refractivity contribution < 1.29 is 8.78 Å². The Balaban J connectivity index is 2.16. The van der Waals surface area contributed by atoms with Crippen molar-refractivity contribution in [3.8, 4) is 0 Å². The van der Waals surface area contributed by atoms with Crippen molar-refractivity contribution in [2.75, 3.05) is 11.1 Å². The van der Waals surface area contributed by atoms with Crippen LogP contribution in [0.5, 0.6) is 0 Å². The first-order chi connectivity index (χ1) is 8.56. The average Bonchev–Trinajstić information content (AvgIpc) is 2.34. The monoisotopic (exact) mass is 314 g/mol. The van der Waals surface area contributed by atoms with E-state index in [0.29, 0.717) is 10.3 Å². The molecule has 4 nitrogen and oxygen atoms in total. The first kappa shape index (κ1) is 12.7. The molecule has 0 fully saturated rings. The van der Waals surface area contributed by atoms with Crippen LogP contribution in [0.4, 0.5) is 20.5 Å². The van der Waals surface area contributed by atoms with Crippen LogP contribution in [0.1, 0.15) is 5.56 Å². The predicted octanol–water partition coefficient (Wildman–Crippen LogP) is 2.71. The lowest BCUT2D eigenvalue weighted by molar-refractivity contribution is 0.587. The fraction of sp³-hybridized carbons (Fsp3) is 0.0909. The van der Waals surface area contributed by atoms with Crippen LogP contribution >= 0.6 is 15.9 Å². The molecule has 0 amide bonds. The van der Waals surface area contributed by atoms with Gasteiger partial charge in [0.15, 0.2) is 0 Å². The third kappa shape index (κ3) is 2.92. The molecule has 94 valence electrons. The van der Waals surface area contributed by atoms with Crippen LogP contribution in [0, 0.1) is 11.6 Å². The Hall–Kier alpha value is -1.76. The van der Waals surface area contributed by atoms with Gasteiger partial charge in [0, 0.05) is 18.3 Å². The molecule has 2 rings (SSSR count). The number of rotatable bonds is 3. The molecule has 2 aromatic rings. The van der Waals surface area contributed by atoms with E-state index in [0.717, 1.165) is 18.2 Å². The van der Waals surface area contributed by atoms with Gasteiger partial charge in [0.1, 0.15) is 17.5 Å². The quantitative estimate of drug-likeness (QED) is 0.914. The zero-order valence-corrected chi connectivity index (χ0v) is 10.7. The molecule has 1 aromatic heterocycles. The van der Waals surface area contributed by atoms with Crippen molar-refractivity contribution >= 4 is 27.7 Å². The maximum absolute atomic E-state index is 13.4. The summed E-state index contributed by atoms with van der Waals surface area (Å²) in [6, 6.07) is 3.27. The summed E-state index contributed by atoms with van der Waals surface area (Å²) in [4.78, 5) is 7.70. The summed E-state index contributed by atoms with van der Waals surface area (Å²) >= 11 is 3.23. The van der Waals surface area contributed by atoms with E-state index in [1.165, 1.54) is 6.20 Å². The van der Waals surface area contributed by atoms with Crippen molar-refractivity contribution in [2.45, 2.75) is 6.54 Å². The Morgan fingerprint density at radius 1 is 1.33 bits per heavy atom. The van der Waals surface area contributed by atoms with Gasteiger partial charge >= 0.3 is 0 Å². The Kier molecular flexibility index (Phi) is 3.71. The fourth-order valence-electron chi connectivity index (χ4n) is 1.36. The first-order valence-electron chi connectivity index (χ1n) is 5.02. The van der Waals surface area contributed by atoms with Crippen LogP contribution in [0.25, 0.3) is 0 Å². The van der Waals surface area contributed by atoms with Crippen molar-refractivity contribution in [1.29, 1.82) is 0 Å².